The van der Waals surface area contributed by atoms with Gasteiger partial charge in [0.1, 0.15) is 0 Å². The number of nitrogens with zero attached hydrogens (tertiary/aromatic N) is 2. The fraction of sp³-hybridized carbons (Fsp3) is 0.500. The number of fused-ring (bicyclic) bond motifs is 1. The molecule has 0 bridgehead atoms. The Morgan fingerprint density at radius 2 is 1.76 bits per heavy atom. The molecule has 2 N–H and O–H groups in total. The van der Waals surface area contributed by atoms with Crippen LogP contribution in [0.15, 0.2) is 24.3 Å². The van der Waals surface area contributed by atoms with Gasteiger partial charge in [0.2, 0.25) is 0 Å². The maximum atomic E-state index is 6.33. The van der Waals surface area contributed by atoms with Gasteiger partial charge >= 0.3 is 0 Å². The number of hydrogen-bond donors (Lipinski definition) is 1. The molecule has 1 aromatic carbocycles. The molecular weight excluding hydrogens is 258 g/mol. The van der Waals surface area contributed by atoms with Gasteiger partial charge in [-0.25, -0.2) is 0 Å². The first-order chi connectivity index (χ1) is 10.3. The van der Waals surface area contributed by atoms with E-state index in [9.17, 15) is 0 Å². The molecule has 21 heavy (non-hydrogen) atoms. The Morgan fingerprint density at radius 1 is 1.00 bits per heavy atom. The molecule has 0 radical (unpaired) electrons. The van der Waals surface area contributed by atoms with Crippen LogP contribution >= 0.6 is 0 Å². The quantitative estimate of drug-likeness (QED) is 0.902. The first kappa shape index (κ1) is 12.9. The largest absolute Gasteiger partial charge is 0.398 e. The summed E-state index contributed by atoms with van der Waals surface area (Å²) in [5.74, 6) is 0.620. The summed E-state index contributed by atoms with van der Waals surface area (Å²) in [7, 11) is 0. The molecule has 3 heteroatoms. The van der Waals surface area contributed by atoms with Gasteiger partial charge in [-0.15, -0.1) is 0 Å². The van der Waals surface area contributed by atoms with Gasteiger partial charge in [-0.05, 0) is 49.9 Å². The van der Waals surface area contributed by atoms with Gasteiger partial charge in [0.05, 0.1) is 5.52 Å². The predicted molar refractivity (Wildman–Crippen MR) is 88.8 cm³/mol. The number of benzene rings is 1. The summed E-state index contributed by atoms with van der Waals surface area (Å²) >= 11 is 0. The molecule has 4 rings (SSSR count). The minimum absolute atomic E-state index is 0.620. The lowest BCUT2D eigenvalue weighted by atomic mass is 10.0. The summed E-state index contributed by atoms with van der Waals surface area (Å²) in [5, 5.41) is 1.11. The van der Waals surface area contributed by atoms with E-state index in [1.807, 2.05) is 0 Å². The lowest BCUT2D eigenvalue weighted by Gasteiger charge is -2.19. The maximum absolute atomic E-state index is 6.33. The number of rotatable bonds is 2. The van der Waals surface area contributed by atoms with Crippen molar-refractivity contribution in [2.45, 2.75) is 44.4 Å². The van der Waals surface area contributed by atoms with Crippen molar-refractivity contribution in [1.82, 2.24) is 4.98 Å². The second kappa shape index (κ2) is 5.21. The van der Waals surface area contributed by atoms with Gasteiger partial charge in [0.25, 0.3) is 0 Å². The topological polar surface area (TPSA) is 42.1 Å². The summed E-state index contributed by atoms with van der Waals surface area (Å²) in [6.07, 6.45) is 7.79. The molecule has 0 atom stereocenters. The summed E-state index contributed by atoms with van der Waals surface area (Å²) in [6.45, 7) is 2.33. The van der Waals surface area contributed by atoms with E-state index < -0.39 is 0 Å². The highest BCUT2D eigenvalue weighted by Gasteiger charge is 2.20. The summed E-state index contributed by atoms with van der Waals surface area (Å²) in [6, 6.07) is 8.70. The fourth-order valence-electron chi connectivity index (χ4n) is 3.86. The first-order valence-electron chi connectivity index (χ1n) is 8.26. The van der Waals surface area contributed by atoms with E-state index in [1.54, 1.807) is 0 Å². The van der Waals surface area contributed by atoms with Crippen molar-refractivity contribution in [2.24, 2.45) is 0 Å². The molecular formula is C18H23N3. The van der Waals surface area contributed by atoms with Crippen molar-refractivity contribution < 1.29 is 0 Å². The van der Waals surface area contributed by atoms with Crippen LogP contribution in [0, 0.1) is 0 Å². The van der Waals surface area contributed by atoms with Crippen molar-refractivity contribution >= 4 is 22.3 Å². The summed E-state index contributed by atoms with van der Waals surface area (Å²) in [5.41, 5.74) is 10.8. The van der Waals surface area contributed by atoms with E-state index in [2.05, 4.69) is 29.2 Å². The van der Waals surface area contributed by atoms with E-state index >= 15 is 0 Å². The molecule has 2 fully saturated rings. The van der Waals surface area contributed by atoms with Gasteiger partial charge in [-0.2, -0.15) is 0 Å². The third-order valence-corrected chi connectivity index (χ3v) is 5.09. The number of pyridine rings is 1. The van der Waals surface area contributed by atoms with Crippen molar-refractivity contribution in [3.63, 3.8) is 0 Å². The van der Waals surface area contributed by atoms with Crippen LogP contribution in [0.2, 0.25) is 0 Å². The van der Waals surface area contributed by atoms with Gasteiger partial charge in [0.15, 0.2) is 0 Å². The zero-order valence-corrected chi connectivity index (χ0v) is 12.5. The second-order valence-electron chi connectivity index (χ2n) is 6.51. The van der Waals surface area contributed by atoms with Crippen LogP contribution in [0.4, 0.5) is 11.4 Å². The third-order valence-electron chi connectivity index (χ3n) is 5.09. The van der Waals surface area contributed by atoms with Gasteiger partial charge in [0, 0.05) is 41.5 Å². The van der Waals surface area contributed by atoms with Crippen LogP contribution in [0.5, 0.6) is 0 Å². The van der Waals surface area contributed by atoms with Gasteiger partial charge < -0.3 is 10.6 Å². The molecule has 1 aromatic heterocycles. The number of aromatic nitrogens is 1. The molecule has 0 unspecified atom stereocenters. The summed E-state index contributed by atoms with van der Waals surface area (Å²) in [4.78, 5) is 7.34. The molecule has 2 aromatic rings. The molecule has 1 saturated carbocycles. The van der Waals surface area contributed by atoms with Crippen LogP contribution in [-0.4, -0.2) is 18.1 Å². The van der Waals surface area contributed by atoms with Gasteiger partial charge in [-0.1, -0.05) is 12.8 Å². The maximum Gasteiger partial charge on any atom is 0.0727 e. The van der Waals surface area contributed by atoms with Crippen molar-refractivity contribution in [2.75, 3.05) is 23.7 Å². The molecule has 0 amide bonds. The van der Waals surface area contributed by atoms with Crippen LogP contribution in [0.25, 0.3) is 10.9 Å². The summed E-state index contributed by atoms with van der Waals surface area (Å²) < 4.78 is 0. The predicted octanol–water partition coefficient (Wildman–Crippen LogP) is 4.07. The van der Waals surface area contributed by atoms with E-state index in [4.69, 9.17) is 10.7 Å². The number of nitrogen functional groups attached to an aromatic ring is 1. The first-order valence-corrected chi connectivity index (χ1v) is 8.26. The molecule has 0 spiro atoms. The number of anilines is 2. The Balaban J connectivity index is 1.74. The highest BCUT2D eigenvalue weighted by Crippen LogP contribution is 2.36. The normalized spacial score (nSPS) is 19.7. The SMILES string of the molecule is Nc1cc(C2CCCC2)nc2ccc(N3CCCC3)cc12. The van der Waals surface area contributed by atoms with Gasteiger partial charge in [-0.3, -0.25) is 4.98 Å². The highest BCUT2D eigenvalue weighted by atomic mass is 15.1. The zero-order chi connectivity index (χ0) is 14.2. The van der Waals surface area contributed by atoms with Crippen LogP contribution in [-0.2, 0) is 0 Å². The minimum atomic E-state index is 0.620. The Kier molecular flexibility index (Phi) is 3.21. The van der Waals surface area contributed by atoms with E-state index in [0.717, 1.165) is 16.6 Å². The highest BCUT2D eigenvalue weighted by molar-refractivity contribution is 5.93. The third kappa shape index (κ3) is 2.35. The minimum Gasteiger partial charge on any atom is -0.398 e. The Hall–Kier alpha value is -1.77. The van der Waals surface area contributed by atoms with Crippen LogP contribution in [0.1, 0.15) is 50.1 Å². The number of nitrogens with two attached hydrogens (primary N) is 1. The zero-order valence-electron chi connectivity index (χ0n) is 12.5. The van der Waals surface area contributed by atoms with E-state index in [0.29, 0.717) is 5.92 Å². The standard InChI is InChI=1S/C18H23N3/c19-16-12-18(13-5-1-2-6-13)20-17-8-7-14(11-15(16)17)21-9-3-4-10-21/h7-8,11-13H,1-6,9-10H2,(H2,19,20). The molecule has 2 heterocycles. The fourth-order valence-corrected chi connectivity index (χ4v) is 3.86. The molecule has 1 aliphatic carbocycles. The van der Waals surface area contributed by atoms with Crippen LogP contribution < -0.4 is 10.6 Å². The molecule has 2 aliphatic rings. The van der Waals surface area contributed by atoms with Crippen LogP contribution in [0.3, 0.4) is 0 Å². The lowest BCUT2D eigenvalue weighted by molar-refractivity contribution is 0.701. The molecule has 1 saturated heterocycles. The average molecular weight is 281 g/mol. The monoisotopic (exact) mass is 281 g/mol. The van der Waals surface area contributed by atoms with Crippen molar-refractivity contribution in [3.8, 4) is 0 Å². The smallest absolute Gasteiger partial charge is 0.0727 e. The molecule has 3 nitrogen and oxygen atoms in total. The Bertz CT molecular complexity index is 653. The van der Waals surface area contributed by atoms with Crippen molar-refractivity contribution in [3.05, 3.63) is 30.0 Å². The Labute approximate surface area is 126 Å². The van der Waals surface area contributed by atoms with E-state index in [-0.39, 0.29) is 0 Å². The number of hydrogen-bond acceptors (Lipinski definition) is 3. The average Bonchev–Trinajstić information content (AvgIpc) is 3.20. The van der Waals surface area contributed by atoms with Crippen molar-refractivity contribution in [1.29, 1.82) is 0 Å². The lowest BCUT2D eigenvalue weighted by Crippen LogP contribution is -2.17. The molecule has 110 valence electrons. The van der Waals surface area contributed by atoms with E-state index in [1.165, 1.54) is 63.0 Å². The molecule has 1 aliphatic heterocycles. The second-order valence-corrected chi connectivity index (χ2v) is 6.51. The Morgan fingerprint density at radius 3 is 2.52 bits per heavy atom.